The second kappa shape index (κ2) is 3.08. The lowest BCUT2D eigenvalue weighted by Gasteiger charge is -2.07. The topological polar surface area (TPSA) is 49.9 Å². The lowest BCUT2D eigenvalue weighted by Crippen LogP contribution is -2.13. The number of amidine groups is 1. The Balaban J connectivity index is 3.13. The maximum Gasteiger partial charge on any atom is 0.416 e. The summed E-state index contributed by atoms with van der Waals surface area (Å²) in [4.78, 5) is 0. The Morgan fingerprint density at radius 3 is 2.38 bits per heavy atom. The van der Waals surface area contributed by atoms with Crippen LogP contribution < -0.4 is 5.73 Å². The predicted octanol–water partition coefficient (Wildman–Crippen LogP) is 1.99. The SMILES string of the molecule is N=C(N)c1cccc(C(F)(F)F)c1. The third-order valence-corrected chi connectivity index (χ3v) is 1.50. The molecule has 13 heavy (non-hydrogen) atoms. The second-order valence-electron chi connectivity index (χ2n) is 2.49. The van der Waals surface area contributed by atoms with Gasteiger partial charge in [0.25, 0.3) is 0 Å². The molecule has 0 aliphatic rings. The Morgan fingerprint density at radius 2 is 1.92 bits per heavy atom. The van der Waals surface area contributed by atoms with E-state index in [2.05, 4.69) is 0 Å². The Hall–Kier alpha value is -1.52. The van der Waals surface area contributed by atoms with E-state index >= 15 is 0 Å². The van der Waals surface area contributed by atoms with Crippen LogP contribution in [0.25, 0.3) is 0 Å². The number of nitrogens with two attached hydrogens (primary N) is 1. The summed E-state index contributed by atoms with van der Waals surface area (Å²) < 4.78 is 36.4. The summed E-state index contributed by atoms with van der Waals surface area (Å²) in [6.45, 7) is 0. The molecular weight excluding hydrogens is 181 g/mol. The van der Waals surface area contributed by atoms with E-state index in [1.54, 1.807) is 0 Å². The van der Waals surface area contributed by atoms with Crippen LogP contribution >= 0.6 is 0 Å². The molecular formula is C8H7F3N2. The van der Waals surface area contributed by atoms with Crippen molar-refractivity contribution < 1.29 is 13.2 Å². The second-order valence-corrected chi connectivity index (χ2v) is 2.49. The summed E-state index contributed by atoms with van der Waals surface area (Å²) in [7, 11) is 0. The molecule has 0 amide bonds. The van der Waals surface area contributed by atoms with E-state index in [-0.39, 0.29) is 11.4 Å². The van der Waals surface area contributed by atoms with Gasteiger partial charge in [-0.1, -0.05) is 12.1 Å². The molecule has 0 spiro atoms. The minimum absolute atomic E-state index is 0.0785. The molecule has 5 heteroatoms. The average molecular weight is 188 g/mol. The van der Waals surface area contributed by atoms with Crippen molar-refractivity contribution in [3.8, 4) is 0 Å². The van der Waals surface area contributed by atoms with E-state index < -0.39 is 11.7 Å². The van der Waals surface area contributed by atoms with E-state index in [4.69, 9.17) is 11.1 Å². The molecule has 0 aliphatic heterocycles. The van der Waals surface area contributed by atoms with Gasteiger partial charge in [-0.3, -0.25) is 5.41 Å². The first-order chi connectivity index (χ1) is 5.91. The lowest BCUT2D eigenvalue weighted by atomic mass is 10.1. The van der Waals surface area contributed by atoms with E-state index in [0.717, 1.165) is 12.1 Å². The van der Waals surface area contributed by atoms with Gasteiger partial charge in [-0.15, -0.1) is 0 Å². The molecule has 0 heterocycles. The molecule has 0 aromatic heterocycles. The average Bonchev–Trinajstić information content (AvgIpc) is 2.03. The minimum atomic E-state index is -4.38. The molecule has 0 saturated heterocycles. The molecule has 0 fully saturated rings. The van der Waals surface area contributed by atoms with Gasteiger partial charge in [0.2, 0.25) is 0 Å². The van der Waals surface area contributed by atoms with Gasteiger partial charge in [-0.05, 0) is 12.1 Å². The monoisotopic (exact) mass is 188 g/mol. The van der Waals surface area contributed by atoms with Gasteiger partial charge in [-0.2, -0.15) is 13.2 Å². The van der Waals surface area contributed by atoms with Crippen LogP contribution in [0, 0.1) is 5.41 Å². The zero-order valence-electron chi connectivity index (χ0n) is 6.52. The molecule has 0 radical (unpaired) electrons. The summed E-state index contributed by atoms with van der Waals surface area (Å²) in [6.07, 6.45) is -4.38. The van der Waals surface area contributed by atoms with Gasteiger partial charge in [0.1, 0.15) is 5.84 Å². The van der Waals surface area contributed by atoms with Gasteiger partial charge < -0.3 is 5.73 Å². The normalized spacial score (nSPS) is 11.3. The molecule has 1 aromatic carbocycles. The summed E-state index contributed by atoms with van der Waals surface area (Å²) in [5.74, 6) is -0.369. The lowest BCUT2D eigenvalue weighted by molar-refractivity contribution is -0.137. The summed E-state index contributed by atoms with van der Waals surface area (Å²) in [5.41, 5.74) is 4.33. The van der Waals surface area contributed by atoms with Crippen LogP contribution in [0.15, 0.2) is 24.3 Å². The highest BCUT2D eigenvalue weighted by Gasteiger charge is 2.30. The molecule has 0 aliphatic carbocycles. The number of alkyl halides is 3. The molecule has 0 saturated carbocycles. The number of nitrogen functional groups attached to an aromatic ring is 1. The molecule has 0 unspecified atom stereocenters. The largest absolute Gasteiger partial charge is 0.416 e. The van der Waals surface area contributed by atoms with Crippen LogP contribution in [0.1, 0.15) is 11.1 Å². The number of hydrogen-bond donors (Lipinski definition) is 2. The first-order valence-electron chi connectivity index (χ1n) is 3.43. The molecule has 1 aromatic rings. The molecule has 2 nitrogen and oxygen atoms in total. The van der Waals surface area contributed by atoms with Gasteiger partial charge in [0.05, 0.1) is 5.56 Å². The standard InChI is InChI=1S/C8H7F3N2/c9-8(10,11)6-3-1-2-5(4-6)7(12)13/h1-4H,(H3,12,13). The van der Waals surface area contributed by atoms with Crippen LogP contribution in [-0.2, 0) is 6.18 Å². The summed E-state index contributed by atoms with van der Waals surface area (Å²) in [6, 6.07) is 4.37. The number of benzene rings is 1. The van der Waals surface area contributed by atoms with E-state index in [0.29, 0.717) is 0 Å². The van der Waals surface area contributed by atoms with Crippen molar-refractivity contribution in [3.05, 3.63) is 35.4 Å². The minimum Gasteiger partial charge on any atom is -0.384 e. The van der Waals surface area contributed by atoms with Crippen molar-refractivity contribution in [2.45, 2.75) is 6.18 Å². The van der Waals surface area contributed by atoms with Crippen molar-refractivity contribution in [2.24, 2.45) is 5.73 Å². The highest BCUT2D eigenvalue weighted by atomic mass is 19.4. The zero-order chi connectivity index (χ0) is 10.1. The van der Waals surface area contributed by atoms with Crippen molar-refractivity contribution in [3.63, 3.8) is 0 Å². The molecule has 3 N–H and O–H groups in total. The smallest absolute Gasteiger partial charge is 0.384 e. The molecule has 1 rings (SSSR count). The Morgan fingerprint density at radius 1 is 1.31 bits per heavy atom. The van der Waals surface area contributed by atoms with Crippen LogP contribution in [-0.4, -0.2) is 5.84 Å². The first kappa shape index (κ1) is 9.57. The number of nitrogens with one attached hydrogen (secondary N) is 1. The molecule has 0 atom stereocenters. The Kier molecular flexibility index (Phi) is 2.27. The number of halogens is 3. The molecule has 0 bridgehead atoms. The van der Waals surface area contributed by atoms with Gasteiger partial charge >= 0.3 is 6.18 Å². The van der Waals surface area contributed by atoms with Crippen LogP contribution in [0.2, 0.25) is 0 Å². The predicted molar refractivity (Wildman–Crippen MR) is 42.5 cm³/mol. The van der Waals surface area contributed by atoms with E-state index in [1.165, 1.54) is 12.1 Å². The highest BCUT2D eigenvalue weighted by molar-refractivity contribution is 5.95. The third-order valence-electron chi connectivity index (χ3n) is 1.50. The van der Waals surface area contributed by atoms with Gasteiger partial charge in [0.15, 0.2) is 0 Å². The quantitative estimate of drug-likeness (QED) is 0.513. The van der Waals surface area contributed by atoms with Crippen molar-refractivity contribution in [1.29, 1.82) is 5.41 Å². The fourth-order valence-electron chi connectivity index (χ4n) is 0.863. The fraction of sp³-hybridized carbons (Fsp3) is 0.125. The maximum absolute atomic E-state index is 12.1. The summed E-state index contributed by atoms with van der Waals surface area (Å²) >= 11 is 0. The number of rotatable bonds is 1. The van der Waals surface area contributed by atoms with E-state index in [9.17, 15) is 13.2 Å². The Labute approximate surface area is 72.7 Å². The third kappa shape index (κ3) is 2.21. The van der Waals surface area contributed by atoms with Crippen molar-refractivity contribution in [2.75, 3.05) is 0 Å². The van der Waals surface area contributed by atoms with Crippen molar-refractivity contribution >= 4 is 5.84 Å². The van der Waals surface area contributed by atoms with Gasteiger partial charge in [0, 0.05) is 5.56 Å². The van der Waals surface area contributed by atoms with Crippen LogP contribution in [0.4, 0.5) is 13.2 Å². The van der Waals surface area contributed by atoms with Crippen molar-refractivity contribution in [1.82, 2.24) is 0 Å². The fourth-order valence-corrected chi connectivity index (χ4v) is 0.863. The first-order valence-corrected chi connectivity index (χ1v) is 3.43. The van der Waals surface area contributed by atoms with Crippen LogP contribution in [0.5, 0.6) is 0 Å². The summed E-state index contributed by atoms with van der Waals surface area (Å²) in [5, 5.41) is 6.95. The molecule has 70 valence electrons. The maximum atomic E-state index is 12.1. The zero-order valence-corrected chi connectivity index (χ0v) is 6.52. The highest BCUT2D eigenvalue weighted by Crippen LogP contribution is 2.29. The van der Waals surface area contributed by atoms with Crippen LogP contribution in [0.3, 0.4) is 0 Å². The Bertz CT molecular complexity index is 330. The van der Waals surface area contributed by atoms with E-state index in [1.807, 2.05) is 0 Å². The number of hydrogen-bond acceptors (Lipinski definition) is 1. The van der Waals surface area contributed by atoms with Gasteiger partial charge in [-0.25, -0.2) is 0 Å².